The van der Waals surface area contributed by atoms with E-state index in [0.717, 1.165) is 49.6 Å². The predicted molar refractivity (Wildman–Crippen MR) is 108 cm³/mol. The molecule has 1 aliphatic rings. The summed E-state index contributed by atoms with van der Waals surface area (Å²) in [5, 5.41) is 18.9. The fourth-order valence-corrected chi connectivity index (χ4v) is 3.15. The molecular formula is C20H32N4O3. The second kappa shape index (κ2) is 10.9. The standard InChI is InChI=1S/C20H32N4O3/c1-3-4-18(26)24-17-7-5-16(6-8-17)13-22-19(21-2)23-14-20(9-11-25)10-12-27-15-20/h5-8,25H,3-4,9-15H2,1-2H3,(H,24,26)(H2,21,22,23). The number of anilines is 1. The Balaban J connectivity index is 1.80. The van der Waals surface area contributed by atoms with Crippen LogP contribution in [0.25, 0.3) is 0 Å². The predicted octanol–water partition coefficient (Wildman–Crippen LogP) is 1.88. The minimum Gasteiger partial charge on any atom is -0.396 e. The first-order valence-electron chi connectivity index (χ1n) is 9.63. The molecule has 1 saturated heterocycles. The fraction of sp³-hybridized carbons (Fsp3) is 0.600. The zero-order valence-corrected chi connectivity index (χ0v) is 16.4. The Morgan fingerprint density at radius 1 is 1.30 bits per heavy atom. The molecule has 1 fully saturated rings. The molecule has 4 N–H and O–H groups in total. The quantitative estimate of drug-likeness (QED) is 0.390. The maximum absolute atomic E-state index is 11.6. The molecule has 150 valence electrons. The zero-order chi connectivity index (χ0) is 19.5. The van der Waals surface area contributed by atoms with Crippen LogP contribution >= 0.6 is 0 Å². The lowest BCUT2D eigenvalue weighted by atomic mass is 9.84. The minimum atomic E-state index is -0.0231. The van der Waals surface area contributed by atoms with E-state index in [-0.39, 0.29) is 17.9 Å². The van der Waals surface area contributed by atoms with Gasteiger partial charge in [-0.2, -0.15) is 0 Å². The molecule has 1 aliphatic heterocycles. The summed E-state index contributed by atoms with van der Waals surface area (Å²) < 4.78 is 5.52. The van der Waals surface area contributed by atoms with Crippen LogP contribution in [0.4, 0.5) is 5.69 Å². The highest BCUT2D eigenvalue weighted by Gasteiger charge is 2.34. The van der Waals surface area contributed by atoms with Gasteiger partial charge in [0.25, 0.3) is 0 Å². The van der Waals surface area contributed by atoms with Gasteiger partial charge in [0.15, 0.2) is 5.96 Å². The van der Waals surface area contributed by atoms with Crippen molar-refractivity contribution in [3.8, 4) is 0 Å². The van der Waals surface area contributed by atoms with Crippen LogP contribution < -0.4 is 16.0 Å². The Morgan fingerprint density at radius 3 is 2.67 bits per heavy atom. The van der Waals surface area contributed by atoms with Crippen molar-refractivity contribution in [3.63, 3.8) is 0 Å². The van der Waals surface area contributed by atoms with Gasteiger partial charge in [-0.15, -0.1) is 0 Å². The van der Waals surface area contributed by atoms with E-state index in [1.807, 2.05) is 31.2 Å². The van der Waals surface area contributed by atoms with Gasteiger partial charge in [0.05, 0.1) is 6.61 Å². The molecule has 7 heteroatoms. The van der Waals surface area contributed by atoms with E-state index in [1.54, 1.807) is 7.05 Å². The monoisotopic (exact) mass is 376 g/mol. The largest absolute Gasteiger partial charge is 0.396 e. The van der Waals surface area contributed by atoms with Gasteiger partial charge in [-0.1, -0.05) is 19.1 Å². The van der Waals surface area contributed by atoms with E-state index >= 15 is 0 Å². The molecule has 1 amide bonds. The number of rotatable bonds is 9. The first kappa shape index (κ1) is 21.2. The van der Waals surface area contributed by atoms with E-state index in [9.17, 15) is 9.90 Å². The summed E-state index contributed by atoms with van der Waals surface area (Å²) in [6, 6.07) is 7.79. The van der Waals surface area contributed by atoms with Crippen molar-refractivity contribution >= 4 is 17.6 Å². The number of aliphatic imine (C=N–C) groups is 1. The normalized spacial score (nSPS) is 19.7. The van der Waals surface area contributed by atoms with Crippen LogP contribution in [0.1, 0.15) is 38.2 Å². The van der Waals surface area contributed by atoms with Crippen molar-refractivity contribution in [1.82, 2.24) is 10.6 Å². The Kier molecular flexibility index (Phi) is 8.54. The zero-order valence-electron chi connectivity index (χ0n) is 16.4. The number of benzene rings is 1. The van der Waals surface area contributed by atoms with E-state index < -0.39 is 0 Å². The second-order valence-electron chi connectivity index (χ2n) is 7.05. The van der Waals surface area contributed by atoms with Gasteiger partial charge in [0.1, 0.15) is 0 Å². The van der Waals surface area contributed by atoms with Crippen LogP contribution in [0.15, 0.2) is 29.3 Å². The number of guanidine groups is 1. The van der Waals surface area contributed by atoms with Crippen LogP contribution in [-0.4, -0.2) is 50.4 Å². The summed E-state index contributed by atoms with van der Waals surface area (Å²) in [5.74, 6) is 0.764. The number of hydrogen-bond donors (Lipinski definition) is 4. The second-order valence-corrected chi connectivity index (χ2v) is 7.05. The molecule has 0 aliphatic carbocycles. The maximum atomic E-state index is 11.6. The first-order chi connectivity index (χ1) is 13.1. The number of aliphatic hydroxyl groups excluding tert-OH is 1. The summed E-state index contributed by atoms with van der Waals surface area (Å²) in [6.45, 7) is 4.92. The van der Waals surface area contributed by atoms with Gasteiger partial charge < -0.3 is 25.8 Å². The van der Waals surface area contributed by atoms with Crippen molar-refractivity contribution in [2.24, 2.45) is 10.4 Å². The molecule has 2 rings (SSSR count). The number of aliphatic hydroxyl groups is 1. The lowest BCUT2D eigenvalue weighted by Crippen LogP contribution is -2.44. The number of ether oxygens (including phenoxy) is 1. The molecule has 0 bridgehead atoms. The summed E-state index contributed by atoms with van der Waals surface area (Å²) >= 11 is 0. The van der Waals surface area contributed by atoms with Crippen molar-refractivity contribution in [2.45, 2.75) is 39.2 Å². The lowest BCUT2D eigenvalue weighted by Gasteiger charge is -2.27. The Labute approximate surface area is 161 Å². The highest BCUT2D eigenvalue weighted by molar-refractivity contribution is 5.90. The Morgan fingerprint density at radius 2 is 2.07 bits per heavy atom. The molecule has 1 aromatic carbocycles. The number of nitrogens with one attached hydrogen (secondary N) is 3. The van der Waals surface area contributed by atoms with Gasteiger partial charge in [-0.25, -0.2) is 0 Å². The number of amides is 1. The van der Waals surface area contributed by atoms with Gasteiger partial charge in [-0.3, -0.25) is 9.79 Å². The van der Waals surface area contributed by atoms with Crippen LogP contribution in [-0.2, 0) is 16.1 Å². The van der Waals surface area contributed by atoms with E-state index in [2.05, 4.69) is 20.9 Å². The van der Waals surface area contributed by atoms with Crippen molar-refractivity contribution in [1.29, 1.82) is 0 Å². The molecular weight excluding hydrogens is 344 g/mol. The smallest absolute Gasteiger partial charge is 0.224 e. The molecule has 0 saturated carbocycles. The van der Waals surface area contributed by atoms with Gasteiger partial charge in [0.2, 0.25) is 5.91 Å². The summed E-state index contributed by atoms with van der Waals surface area (Å²) in [6.07, 6.45) is 3.05. The highest BCUT2D eigenvalue weighted by atomic mass is 16.5. The summed E-state index contributed by atoms with van der Waals surface area (Å²) in [5.41, 5.74) is 1.89. The average molecular weight is 377 g/mol. The number of nitrogens with zero attached hydrogens (tertiary/aromatic N) is 1. The maximum Gasteiger partial charge on any atom is 0.224 e. The van der Waals surface area contributed by atoms with E-state index in [0.29, 0.717) is 19.6 Å². The third-order valence-electron chi connectivity index (χ3n) is 4.86. The lowest BCUT2D eigenvalue weighted by molar-refractivity contribution is -0.116. The molecule has 7 nitrogen and oxygen atoms in total. The average Bonchev–Trinajstić information content (AvgIpc) is 3.12. The highest BCUT2D eigenvalue weighted by Crippen LogP contribution is 2.31. The van der Waals surface area contributed by atoms with Crippen LogP contribution in [0.2, 0.25) is 0 Å². The Bertz CT molecular complexity index is 610. The molecule has 0 aromatic heterocycles. The molecule has 1 heterocycles. The van der Waals surface area contributed by atoms with Gasteiger partial charge in [0, 0.05) is 50.9 Å². The Hall–Kier alpha value is -2.12. The van der Waals surface area contributed by atoms with E-state index in [4.69, 9.17) is 4.74 Å². The first-order valence-corrected chi connectivity index (χ1v) is 9.63. The SMILES string of the molecule is CCCC(=O)Nc1ccc(CNC(=NC)NCC2(CCO)CCOC2)cc1. The number of carbonyl (C=O) groups is 1. The fourth-order valence-electron chi connectivity index (χ4n) is 3.15. The summed E-state index contributed by atoms with van der Waals surface area (Å²) in [4.78, 5) is 15.9. The van der Waals surface area contributed by atoms with Crippen LogP contribution in [0, 0.1) is 5.41 Å². The van der Waals surface area contributed by atoms with Gasteiger partial charge in [-0.05, 0) is 37.0 Å². The molecule has 1 atom stereocenters. The molecule has 1 unspecified atom stereocenters. The van der Waals surface area contributed by atoms with Gasteiger partial charge >= 0.3 is 0 Å². The number of hydrogen-bond acceptors (Lipinski definition) is 4. The van der Waals surface area contributed by atoms with Crippen molar-refractivity contribution in [2.75, 3.05) is 38.7 Å². The molecule has 0 spiro atoms. The minimum absolute atomic E-state index is 0.0231. The van der Waals surface area contributed by atoms with Crippen LogP contribution in [0.5, 0.6) is 0 Å². The molecule has 0 radical (unpaired) electrons. The topological polar surface area (TPSA) is 95.0 Å². The molecule has 1 aromatic rings. The number of carbonyl (C=O) groups excluding carboxylic acids is 1. The van der Waals surface area contributed by atoms with Crippen molar-refractivity contribution in [3.05, 3.63) is 29.8 Å². The molecule has 27 heavy (non-hydrogen) atoms. The van der Waals surface area contributed by atoms with Crippen molar-refractivity contribution < 1.29 is 14.6 Å². The third kappa shape index (κ3) is 6.84. The summed E-state index contributed by atoms with van der Waals surface area (Å²) in [7, 11) is 1.74. The van der Waals surface area contributed by atoms with E-state index in [1.165, 1.54) is 0 Å². The third-order valence-corrected chi connectivity index (χ3v) is 4.86. The van der Waals surface area contributed by atoms with Crippen LogP contribution in [0.3, 0.4) is 0 Å².